The molecular formula is C15H9N3OS. The van der Waals surface area contributed by atoms with Crippen molar-refractivity contribution in [2.24, 2.45) is 0 Å². The summed E-state index contributed by atoms with van der Waals surface area (Å²) in [5.41, 5.74) is 0.917. The van der Waals surface area contributed by atoms with Gasteiger partial charge in [-0.05, 0) is 22.4 Å². The van der Waals surface area contributed by atoms with Gasteiger partial charge in [0, 0.05) is 0 Å². The molecule has 0 N–H and O–H groups in total. The normalized spacial score (nSPS) is 12.5. The topological polar surface area (TPSA) is 47.3 Å². The van der Waals surface area contributed by atoms with Crippen LogP contribution in [-0.2, 0) is 0 Å². The van der Waals surface area contributed by atoms with Gasteiger partial charge in [-0.15, -0.1) is 0 Å². The standard InChI is InChI=1S/C15H9N3OS/c19-14-13(20-15-16-9-17-18(14)15)8-11-6-3-5-10-4-1-2-7-12(10)11/h1-9H/b13-8+. The maximum absolute atomic E-state index is 12.2. The third-order valence-corrected chi connectivity index (χ3v) is 4.20. The highest BCUT2D eigenvalue weighted by Crippen LogP contribution is 2.18. The lowest BCUT2D eigenvalue weighted by atomic mass is 10.0. The van der Waals surface area contributed by atoms with Crippen LogP contribution < -0.4 is 10.1 Å². The zero-order chi connectivity index (χ0) is 13.5. The molecule has 2 aromatic heterocycles. The molecule has 4 aromatic rings. The van der Waals surface area contributed by atoms with Gasteiger partial charge >= 0.3 is 0 Å². The molecule has 5 heteroatoms. The maximum Gasteiger partial charge on any atom is 0.291 e. The van der Waals surface area contributed by atoms with Gasteiger partial charge < -0.3 is 0 Å². The van der Waals surface area contributed by atoms with E-state index >= 15 is 0 Å². The van der Waals surface area contributed by atoms with E-state index in [9.17, 15) is 4.79 Å². The van der Waals surface area contributed by atoms with Gasteiger partial charge in [-0.2, -0.15) is 9.61 Å². The Labute approximate surface area is 117 Å². The molecular weight excluding hydrogens is 270 g/mol. The lowest BCUT2D eigenvalue weighted by Crippen LogP contribution is -2.23. The molecule has 0 unspecified atom stereocenters. The fraction of sp³-hybridized carbons (Fsp3) is 0. The van der Waals surface area contributed by atoms with Gasteiger partial charge in [0.15, 0.2) is 0 Å². The van der Waals surface area contributed by atoms with E-state index in [1.54, 1.807) is 0 Å². The van der Waals surface area contributed by atoms with Crippen molar-refractivity contribution >= 4 is 33.1 Å². The molecule has 0 aliphatic heterocycles. The van der Waals surface area contributed by atoms with E-state index in [4.69, 9.17) is 0 Å². The molecule has 0 fully saturated rings. The average molecular weight is 279 g/mol. The lowest BCUT2D eigenvalue weighted by Gasteiger charge is -2.00. The number of rotatable bonds is 1. The SMILES string of the molecule is O=c1/c(=C\c2cccc3ccccc23)sc2ncnn12. The number of aromatic nitrogens is 3. The van der Waals surface area contributed by atoms with Crippen LogP contribution in [-0.4, -0.2) is 14.6 Å². The second-order valence-electron chi connectivity index (χ2n) is 4.44. The monoisotopic (exact) mass is 279 g/mol. The Kier molecular flexibility index (Phi) is 2.40. The molecule has 4 nitrogen and oxygen atoms in total. The van der Waals surface area contributed by atoms with Gasteiger partial charge in [0.1, 0.15) is 6.33 Å². The van der Waals surface area contributed by atoms with Crippen LogP contribution in [0.1, 0.15) is 5.56 Å². The second kappa shape index (κ2) is 4.25. The van der Waals surface area contributed by atoms with Crippen LogP contribution >= 0.6 is 11.3 Å². The molecule has 4 rings (SSSR count). The fourth-order valence-electron chi connectivity index (χ4n) is 2.29. The minimum atomic E-state index is -0.115. The van der Waals surface area contributed by atoms with Crippen LogP contribution in [0.15, 0.2) is 53.6 Å². The zero-order valence-electron chi connectivity index (χ0n) is 10.4. The molecule has 0 bridgehead atoms. The third kappa shape index (κ3) is 1.64. The molecule has 2 aromatic carbocycles. The van der Waals surface area contributed by atoms with Gasteiger partial charge in [0.25, 0.3) is 5.56 Å². The van der Waals surface area contributed by atoms with Crippen molar-refractivity contribution in [3.63, 3.8) is 0 Å². The zero-order valence-corrected chi connectivity index (χ0v) is 11.2. The molecule has 0 atom stereocenters. The van der Waals surface area contributed by atoms with Crippen LogP contribution in [0.2, 0.25) is 0 Å². The van der Waals surface area contributed by atoms with E-state index in [0.717, 1.165) is 16.3 Å². The van der Waals surface area contributed by atoms with Gasteiger partial charge in [-0.1, -0.05) is 53.8 Å². The summed E-state index contributed by atoms with van der Waals surface area (Å²) in [6, 6.07) is 14.2. The Bertz CT molecular complexity index is 1030. The number of benzene rings is 2. The Morgan fingerprint density at radius 3 is 2.85 bits per heavy atom. The number of thiazole rings is 1. The molecule has 0 spiro atoms. The van der Waals surface area contributed by atoms with Gasteiger partial charge in [-0.3, -0.25) is 4.79 Å². The van der Waals surface area contributed by atoms with Crippen LogP contribution in [0.4, 0.5) is 0 Å². The average Bonchev–Trinajstić information content (AvgIpc) is 3.04. The van der Waals surface area contributed by atoms with E-state index in [2.05, 4.69) is 28.3 Å². The minimum Gasteiger partial charge on any atom is -0.266 e. The molecule has 0 saturated carbocycles. The number of hydrogen-bond acceptors (Lipinski definition) is 4. The predicted octanol–water partition coefficient (Wildman–Crippen LogP) is 1.85. The number of nitrogens with zero attached hydrogens (tertiary/aromatic N) is 3. The minimum absolute atomic E-state index is 0.115. The van der Waals surface area contributed by atoms with Crippen molar-refractivity contribution in [3.8, 4) is 0 Å². The van der Waals surface area contributed by atoms with Crippen molar-refractivity contribution in [1.29, 1.82) is 0 Å². The van der Waals surface area contributed by atoms with Crippen molar-refractivity contribution in [2.45, 2.75) is 0 Å². The number of fused-ring (bicyclic) bond motifs is 2. The predicted molar refractivity (Wildman–Crippen MR) is 79.9 cm³/mol. The summed E-state index contributed by atoms with van der Waals surface area (Å²) in [7, 11) is 0. The van der Waals surface area contributed by atoms with Gasteiger partial charge in [0.05, 0.1) is 4.53 Å². The Morgan fingerprint density at radius 2 is 1.95 bits per heavy atom. The maximum atomic E-state index is 12.2. The lowest BCUT2D eigenvalue weighted by molar-refractivity contribution is 0.932. The second-order valence-corrected chi connectivity index (χ2v) is 5.45. The number of hydrogen-bond donors (Lipinski definition) is 0. The van der Waals surface area contributed by atoms with Crippen molar-refractivity contribution in [1.82, 2.24) is 14.6 Å². The van der Waals surface area contributed by atoms with Crippen LogP contribution in [0.25, 0.3) is 21.8 Å². The van der Waals surface area contributed by atoms with Crippen LogP contribution in [0.5, 0.6) is 0 Å². The van der Waals surface area contributed by atoms with Gasteiger partial charge in [-0.25, -0.2) is 4.98 Å². The molecule has 2 heterocycles. The highest BCUT2D eigenvalue weighted by Gasteiger charge is 2.05. The molecule has 20 heavy (non-hydrogen) atoms. The Balaban J connectivity index is 2.05. The van der Waals surface area contributed by atoms with E-state index in [1.165, 1.54) is 22.2 Å². The summed E-state index contributed by atoms with van der Waals surface area (Å²) >= 11 is 1.36. The van der Waals surface area contributed by atoms with Crippen molar-refractivity contribution in [3.05, 3.63) is 69.2 Å². The van der Waals surface area contributed by atoms with E-state index < -0.39 is 0 Å². The van der Waals surface area contributed by atoms with Crippen LogP contribution in [0, 0.1) is 0 Å². The summed E-state index contributed by atoms with van der Waals surface area (Å²) in [6.45, 7) is 0. The molecule has 0 saturated heterocycles. The van der Waals surface area contributed by atoms with E-state index in [0.29, 0.717) is 9.49 Å². The smallest absolute Gasteiger partial charge is 0.266 e. The first kappa shape index (κ1) is 11.3. The largest absolute Gasteiger partial charge is 0.291 e. The summed E-state index contributed by atoms with van der Waals surface area (Å²) in [6.07, 6.45) is 3.31. The molecule has 0 aliphatic carbocycles. The first-order valence-electron chi connectivity index (χ1n) is 6.15. The quantitative estimate of drug-likeness (QED) is 0.534. The molecule has 0 aliphatic rings. The summed E-state index contributed by atoms with van der Waals surface area (Å²) in [4.78, 5) is 16.9. The third-order valence-electron chi connectivity index (χ3n) is 3.23. The highest BCUT2D eigenvalue weighted by atomic mass is 32.1. The fourth-order valence-corrected chi connectivity index (χ4v) is 3.17. The Hall–Kier alpha value is -2.53. The molecule has 0 amide bonds. The van der Waals surface area contributed by atoms with E-state index in [-0.39, 0.29) is 5.56 Å². The Morgan fingerprint density at radius 1 is 1.10 bits per heavy atom. The first-order chi connectivity index (χ1) is 9.83. The summed E-state index contributed by atoms with van der Waals surface area (Å²) < 4.78 is 1.98. The first-order valence-corrected chi connectivity index (χ1v) is 6.96. The highest BCUT2D eigenvalue weighted by molar-refractivity contribution is 7.15. The van der Waals surface area contributed by atoms with E-state index in [1.807, 2.05) is 30.3 Å². The molecule has 0 radical (unpaired) electrons. The summed E-state index contributed by atoms with van der Waals surface area (Å²) in [5, 5.41) is 6.22. The van der Waals surface area contributed by atoms with Gasteiger partial charge in [0.2, 0.25) is 4.96 Å². The van der Waals surface area contributed by atoms with Crippen LogP contribution in [0.3, 0.4) is 0 Å². The van der Waals surface area contributed by atoms with Crippen molar-refractivity contribution in [2.75, 3.05) is 0 Å². The van der Waals surface area contributed by atoms with Crippen molar-refractivity contribution < 1.29 is 0 Å². The summed E-state index contributed by atoms with van der Waals surface area (Å²) in [5.74, 6) is 0. The molecule has 96 valence electrons.